The van der Waals surface area contributed by atoms with Gasteiger partial charge in [0.2, 0.25) is 11.8 Å². The summed E-state index contributed by atoms with van der Waals surface area (Å²) in [5.41, 5.74) is 3.05. The summed E-state index contributed by atoms with van der Waals surface area (Å²) in [6, 6.07) is 9.38. The Morgan fingerprint density at radius 1 is 1.03 bits per heavy atom. The molecule has 0 unspecified atom stereocenters. The first-order valence-electron chi connectivity index (χ1n) is 9.62. The number of hydrogen-bond donors (Lipinski definition) is 2. The number of thiophene rings is 1. The van der Waals surface area contributed by atoms with Crippen LogP contribution in [-0.4, -0.2) is 66.8 Å². The van der Waals surface area contributed by atoms with Gasteiger partial charge in [-0.2, -0.15) is 0 Å². The second-order valence-electron chi connectivity index (χ2n) is 7.11. The van der Waals surface area contributed by atoms with Crippen molar-refractivity contribution in [2.75, 3.05) is 44.6 Å². The van der Waals surface area contributed by atoms with Gasteiger partial charge in [0.25, 0.3) is 5.91 Å². The average Bonchev–Trinajstić information content (AvgIpc) is 3.25. The van der Waals surface area contributed by atoms with E-state index in [0.717, 1.165) is 16.8 Å². The van der Waals surface area contributed by atoms with Gasteiger partial charge in [0.05, 0.1) is 18.0 Å². The van der Waals surface area contributed by atoms with Crippen LogP contribution in [0.25, 0.3) is 0 Å². The second kappa shape index (κ2) is 9.67. The van der Waals surface area contributed by atoms with Gasteiger partial charge in [-0.25, -0.2) is 0 Å². The Morgan fingerprint density at radius 2 is 1.79 bits per heavy atom. The van der Waals surface area contributed by atoms with Gasteiger partial charge in [0.15, 0.2) is 0 Å². The van der Waals surface area contributed by atoms with E-state index in [2.05, 4.69) is 10.6 Å². The minimum absolute atomic E-state index is 0.0101. The number of hydrogen-bond acceptors (Lipinski definition) is 5. The number of carbonyl (C=O) groups is 3. The molecule has 1 aliphatic rings. The highest BCUT2D eigenvalue weighted by atomic mass is 32.1. The molecule has 1 aromatic carbocycles. The monoisotopic (exact) mass is 414 g/mol. The largest absolute Gasteiger partial charge is 0.342 e. The van der Waals surface area contributed by atoms with Crippen LogP contribution in [0, 0.1) is 13.8 Å². The lowest BCUT2D eigenvalue weighted by Gasteiger charge is -2.34. The molecule has 1 aromatic heterocycles. The van der Waals surface area contributed by atoms with Crippen LogP contribution in [0.2, 0.25) is 0 Å². The zero-order valence-corrected chi connectivity index (χ0v) is 17.6. The minimum Gasteiger partial charge on any atom is -0.342 e. The predicted molar refractivity (Wildman–Crippen MR) is 114 cm³/mol. The standard InChI is InChI=1S/C21H26N4O3S/c1-15-5-3-6-17(16(15)2)23-19(26)14-24-8-10-25(11-9-24)20(27)13-22-21(28)18-7-4-12-29-18/h3-7,12H,8-11,13-14H2,1-2H3,(H,22,28)(H,23,26). The van der Waals surface area contributed by atoms with Crippen LogP contribution in [0.1, 0.15) is 20.8 Å². The predicted octanol–water partition coefficient (Wildman–Crippen LogP) is 1.88. The van der Waals surface area contributed by atoms with Gasteiger partial charge in [-0.15, -0.1) is 11.3 Å². The summed E-state index contributed by atoms with van der Waals surface area (Å²) in [5, 5.41) is 7.46. The fraction of sp³-hybridized carbons (Fsp3) is 0.381. The maximum Gasteiger partial charge on any atom is 0.261 e. The van der Waals surface area contributed by atoms with Crippen LogP contribution in [0.5, 0.6) is 0 Å². The Morgan fingerprint density at radius 3 is 2.48 bits per heavy atom. The van der Waals surface area contributed by atoms with E-state index < -0.39 is 0 Å². The van der Waals surface area contributed by atoms with Gasteiger partial charge in [-0.1, -0.05) is 18.2 Å². The first-order valence-corrected chi connectivity index (χ1v) is 10.5. The van der Waals surface area contributed by atoms with Gasteiger partial charge in [0.1, 0.15) is 0 Å². The first-order chi connectivity index (χ1) is 13.9. The zero-order chi connectivity index (χ0) is 20.8. The molecule has 0 radical (unpaired) electrons. The lowest BCUT2D eigenvalue weighted by atomic mass is 10.1. The Kier molecular flexibility index (Phi) is 7.00. The van der Waals surface area contributed by atoms with Gasteiger partial charge < -0.3 is 15.5 Å². The molecule has 2 N–H and O–H groups in total. The summed E-state index contributed by atoms with van der Waals surface area (Å²) < 4.78 is 0. The molecule has 1 fully saturated rings. The molecule has 29 heavy (non-hydrogen) atoms. The Bertz CT molecular complexity index is 874. The van der Waals surface area contributed by atoms with Crippen molar-refractivity contribution in [1.82, 2.24) is 15.1 Å². The third-order valence-corrected chi connectivity index (χ3v) is 5.98. The Hall–Kier alpha value is -2.71. The van der Waals surface area contributed by atoms with Gasteiger partial charge >= 0.3 is 0 Å². The number of rotatable bonds is 6. The summed E-state index contributed by atoms with van der Waals surface area (Å²) in [7, 11) is 0. The van der Waals surface area contributed by atoms with E-state index in [9.17, 15) is 14.4 Å². The van der Waals surface area contributed by atoms with Crippen molar-refractivity contribution >= 4 is 34.7 Å². The molecule has 0 aliphatic carbocycles. The molecule has 7 nitrogen and oxygen atoms in total. The Labute approximate surface area is 174 Å². The zero-order valence-electron chi connectivity index (χ0n) is 16.7. The smallest absolute Gasteiger partial charge is 0.261 e. The molecule has 154 valence electrons. The van der Waals surface area contributed by atoms with Crippen molar-refractivity contribution in [1.29, 1.82) is 0 Å². The van der Waals surface area contributed by atoms with E-state index in [1.807, 2.05) is 42.3 Å². The molecule has 0 bridgehead atoms. The number of anilines is 1. The maximum atomic E-state index is 12.4. The van der Waals surface area contributed by atoms with Crippen LogP contribution < -0.4 is 10.6 Å². The summed E-state index contributed by atoms with van der Waals surface area (Å²) in [6.45, 7) is 6.65. The van der Waals surface area contributed by atoms with Crippen molar-refractivity contribution in [3.8, 4) is 0 Å². The van der Waals surface area contributed by atoms with Crippen molar-refractivity contribution in [3.05, 3.63) is 51.7 Å². The number of nitrogens with one attached hydrogen (secondary N) is 2. The molecule has 0 saturated carbocycles. The third-order valence-electron chi connectivity index (χ3n) is 5.12. The Balaban J connectivity index is 1.40. The molecule has 8 heteroatoms. The summed E-state index contributed by atoms with van der Waals surface area (Å²) in [5.74, 6) is -0.383. The summed E-state index contributed by atoms with van der Waals surface area (Å²) in [4.78, 5) is 41.0. The molecular weight excluding hydrogens is 388 g/mol. The van der Waals surface area contributed by atoms with Crippen LogP contribution >= 0.6 is 11.3 Å². The molecule has 0 spiro atoms. The lowest BCUT2D eigenvalue weighted by molar-refractivity contribution is -0.132. The van der Waals surface area contributed by atoms with Crippen molar-refractivity contribution in [3.63, 3.8) is 0 Å². The second-order valence-corrected chi connectivity index (χ2v) is 8.06. The molecule has 0 atom stereocenters. The summed E-state index contributed by atoms with van der Waals surface area (Å²) >= 11 is 1.34. The average molecular weight is 415 g/mol. The normalized spacial score (nSPS) is 14.5. The minimum atomic E-state index is -0.227. The van der Waals surface area contributed by atoms with E-state index in [4.69, 9.17) is 0 Å². The molecule has 3 rings (SSSR count). The van der Waals surface area contributed by atoms with E-state index in [-0.39, 0.29) is 24.3 Å². The van der Waals surface area contributed by atoms with Gasteiger partial charge in [-0.05, 0) is 42.5 Å². The van der Waals surface area contributed by atoms with E-state index >= 15 is 0 Å². The lowest BCUT2D eigenvalue weighted by Crippen LogP contribution is -2.52. The number of piperazine rings is 1. The quantitative estimate of drug-likeness (QED) is 0.756. The molecule has 1 aliphatic heterocycles. The third kappa shape index (κ3) is 5.65. The van der Waals surface area contributed by atoms with Crippen LogP contribution in [0.4, 0.5) is 5.69 Å². The number of amides is 3. The fourth-order valence-corrected chi connectivity index (χ4v) is 3.84. The fourth-order valence-electron chi connectivity index (χ4n) is 3.20. The van der Waals surface area contributed by atoms with E-state index in [0.29, 0.717) is 37.6 Å². The molecular formula is C21H26N4O3S. The first kappa shape index (κ1) is 21.0. The van der Waals surface area contributed by atoms with Crippen molar-refractivity contribution in [2.24, 2.45) is 0 Å². The summed E-state index contributed by atoms with van der Waals surface area (Å²) in [6.07, 6.45) is 0. The molecule has 3 amide bonds. The SMILES string of the molecule is Cc1cccc(NC(=O)CN2CCN(C(=O)CNC(=O)c3cccs3)CC2)c1C. The molecule has 2 aromatic rings. The maximum absolute atomic E-state index is 12.4. The highest BCUT2D eigenvalue weighted by Gasteiger charge is 2.23. The van der Waals surface area contributed by atoms with E-state index in [1.54, 1.807) is 17.0 Å². The van der Waals surface area contributed by atoms with Gasteiger partial charge in [0, 0.05) is 31.9 Å². The van der Waals surface area contributed by atoms with Crippen LogP contribution in [0.3, 0.4) is 0 Å². The number of aryl methyl sites for hydroxylation is 1. The number of carbonyl (C=O) groups excluding carboxylic acids is 3. The molecule has 1 saturated heterocycles. The topological polar surface area (TPSA) is 81.8 Å². The number of benzene rings is 1. The van der Waals surface area contributed by atoms with E-state index in [1.165, 1.54) is 11.3 Å². The van der Waals surface area contributed by atoms with Gasteiger partial charge in [-0.3, -0.25) is 19.3 Å². The van der Waals surface area contributed by atoms with Crippen molar-refractivity contribution in [2.45, 2.75) is 13.8 Å². The van der Waals surface area contributed by atoms with Crippen molar-refractivity contribution < 1.29 is 14.4 Å². The highest BCUT2D eigenvalue weighted by molar-refractivity contribution is 7.12. The number of nitrogens with zero attached hydrogens (tertiary/aromatic N) is 2. The molecule has 2 heterocycles. The highest BCUT2D eigenvalue weighted by Crippen LogP contribution is 2.18. The van der Waals surface area contributed by atoms with Crippen LogP contribution in [0.15, 0.2) is 35.7 Å². The van der Waals surface area contributed by atoms with Crippen LogP contribution in [-0.2, 0) is 9.59 Å².